The Labute approximate surface area is 162 Å². The Kier molecular flexibility index (Phi) is 4.97. The summed E-state index contributed by atoms with van der Waals surface area (Å²) in [5, 5.41) is 4.09. The van der Waals surface area contributed by atoms with Crippen molar-refractivity contribution in [2.45, 2.75) is 18.9 Å². The Hall–Kier alpha value is -3.35. The third-order valence-corrected chi connectivity index (χ3v) is 4.90. The second kappa shape index (κ2) is 7.72. The molecule has 1 amide bonds. The highest BCUT2D eigenvalue weighted by molar-refractivity contribution is 5.95. The minimum Gasteiger partial charge on any atom is -0.493 e. The molecule has 0 N–H and O–H groups in total. The summed E-state index contributed by atoms with van der Waals surface area (Å²) in [5.74, 6) is 2.00. The van der Waals surface area contributed by atoms with Gasteiger partial charge < -0.3 is 18.9 Å². The summed E-state index contributed by atoms with van der Waals surface area (Å²) in [4.78, 5) is 19.4. The number of carbonyl (C=O) groups excluding carboxylic acids is 1. The molecule has 4 rings (SSSR count). The van der Waals surface area contributed by atoms with Crippen LogP contribution >= 0.6 is 0 Å². The van der Waals surface area contributed by atoms with Crippen LogP contribution in [0.25, 0.3) is 11.4 Å². The monoisotopic (exact) mass is 379 g/mol. The van der Waals surface area contributed by atoms with Crippen LogP contribution in [0, 0.1) is 0 Å². The topological polar surface area (TPSA) is 77.7 Å². The molecule has 7 heteroatoms. The second-order valence-corrected chi connectivity index (χ2v) is 6.55. The van der Waals surface area contributed by atoms with Crippen LogP contribution in [0.15, 0.2) is 53.1 Å². The number of hydrogen-bond donors (Lipinski definition) is 0. The Morgan fingerprint density at radius 2 is 1.89 bits per heavy atom. The minimum atomic E-state index is -0.231. The molecular formula is C21H21N3O4. The van der Waals surface area contributed by atoms with Crippen LogP contribution in [0.2, 0.25) is 0 Å². The number of amides is 1. The normalized spacial score (nSPS) is 16.2. The molecule has 0 unspecified atom stereocenters. The zero-order valence-electron chi connectivity index (χ0n) is 15.8. The summed E-state index contributed by atoms with van der Waals surface area (Å²) in [6, 6.07) is 14.6. The molecule has 144 valence electrons. The molecule has 0 spiro atoms. The molecule has 1 saturated heterocycles. The predicted octanol–water partition coefficient (Wildman–Crippen LogP) is 3.73. The first kappa shape index (κ1) is 18.0. The summed E-state index contributed by atoms with van der Waals surface area (Å²) in [6.45, 7) is 0.640. The minimum absolute atomic E-state index is 0.0945. The quantitative estimate of drug-likeness (QED) is 0.672. The fourth-order valence-electron chi connectivity index (χ4n) is 3.48. The van der Waals surface area contributed by atoms with Crippen molar-refractivity contribution < 1.29 is 18.8 Å². The van der Waals surface area contributed by atoms with Crippen LogP contribution in [-0.4, -0.2) is 41.7 Å². The zero-order chi connectivity index (χ0) is 19.5. The smallest absolute Gasteiger partial charge is 0.254 e. The van der Waals surface area contributed by atoms with Gasteiger partial charge in [0, 0.05) is 17.7 Å². The summed E-state index contributed by atoms with van der Waals surface area (Å²) in [5.41, 5.74) is 1.42. The number of aromatic nitrogens is 2. The molecule has 0 aliphatic carbocycles. The van der Waals surface area contributed by atoms with Crippen molar-refractivity contribution in [1.29, 1.82) is 0 Å². The van der Waals surface area contributed by atoms with Crippen LogP contribution in [0.3, 0.4) is 0 Å². The van der Waals surface area contributed by atoms with Gasteiger partial charge in [0.25, 0.3) is 5.91 Å². The highest BCUT2D eigenvalue weighted by atomic mass is 16.5. The molecule has 1 atom stereocenters. The van der Waals surface area contributed by atoms with E-state index in [1.807, 2.05) is 30.3 Å². The number of hydrogen-bond acceptors (Lipinski definition) is 6. The van der Waals surface area contributed by atoms with E-state index in [4.69, 9.17) is 14.0 Å². The van der Waals surface area contributed by atoms with E-state index in [0.717, 1.165) is 18.4 Å². The third kappa shape index (κ3) is 3.31. The van der Waals surface area contributed by atoms with Gasteiger partial charge in [0.1, 0.15) is 6.04 Å². The van der Waals surface area contributed by atoms with Crippen LogP contribution < -0.4 is 9.47 Å². The number of rotatable bonds is 5. The van der Waals surface area contributed by atoms with Gasteiger partial charge in [-0.15, -0.1) is 0 Å². The number of methoxy groups -OCH3 is 2. The lowest BCUT2D eigenvalue weighted by molar-refractivity contribution is 0.0709. The zero-order valence-corrected chi connectivity index (χ0v) is 15.8. The number of carbonyl (C=O) groups is 1. The van der Waals surface area contributed by atoms with Gasteiger partial charge in [0.15, 0.2) is 11.5 Å². The molecule has 1 fully saturated rings. The molecule has 0 saturated carbocycles. The maximum Gasteiger partial charge on any atom is 0.254 e. The number of benzene rings is 2. The number of likely N-dealkylation sites (tertiary alicyclic amines) is 1. The van der Waals surface area contributed by atoms with E-state index < -0.39 is 0 Å². The highest BCUT2D eigenvalue weighted by Crippen LogP contribution is 2.35. The predicted molar refractivity (Wildman–Crippen MR) is 102 cm³/mol. The van der Waals surface area contributed by atoms with Crippen molar-refractivity contribution in [3.63, 3.8) is 0 Å². The summed E-state index contributed by atoms with van der Waals surface area (Å²) in [7, 11) is 3.12. The van der Waals surface area contributed by atoms with Gasteiger partial charge in [-0.3, -0.25) is 4.79 Å². The average Bonchev–Trinajstić information content (AvgIpc) is 3.42. The third-order valence-electron chi connectivity index (χ3n) is 4.90. The van der Waals surface area contributed by atoms with Crippen molar-refractivity contribution >= 4 is 5.91 Å². The molecule has 3 aromatic rings. The van der Waals surface area contributed by atoms with Crippen molar-refractivity contribution in [3.8, 4) is 22.9 Å². The van der Waals surface area contributed by atoms with E-state index in [9.17, 15) is 4.79 Å². The molecule has 1 aliphatic rings. The molecule has 7 nitrogen and oxygen atoms in total. The van der Waals surface area contributed by atoms with Crippen molar-refractivity contribution in [2.75, 3.05) is 20.8 Å². The summed E-state index contributed by atoms with van der Waals surface area (Å²) in [6.07, 6.45) is 1.67. The maximum absolute atomic E-state index is 13.1. The first-order chi connectivity index (χ1) is 13.7. The fourth-order valence-corrected chi connectivity index (χ4v) is 3.48. The van der Waals surface area contributed by atoms with Crippen LogP contribution in [-0.2, 0) is 0 Å². The van der Waals surface area contributed by atoms with Crippen molar-refractivity contribution in [2.24, 2.45) is 0 Å². The lowest BCUT2D eigenvalue weighted by Gasteiger charge is -2.22. The lowest BCUT2D eigenvalue weighted by atomic mass is 10.1. The first-order valence-electron chi connectivity index (χ1n) is 9.13. The van der Waals surface area contributed by atoms with Gasteiger partial charge in [-0.1, -0.05) is 35.5 Å². The maximum atomic E-state index is 13.1. The van der Waals surface area contributed by atoms with E-state index in [0.29, 0.717) is 35.3 Å². The van der Waals surface area contributed by atoms with E-state index in [1.165, 1.54) is 0 Å². The Bertz CT molecular complexity index is 971. The molecule has 1 aromatic heterocycles. The molecule has 28 heavy (non-hydrogen) atoms. The van der Waals surface area contributed by atoms with Crippen LogP contribution in [0.5, 0.6) is 11.5 Å². The Morgan fingerprint density at radius 1 is 1.11 bits per heavy atom. The Morgan fingerprint density at radius 3 is 2.64 bits per heavy atom. The second-order valence-electron chi connectivity index (χ2n) is 6.55. The van der Waals surface area contributed by atoms with E-state index >= 15 is 0 Å². The molecule has 2 aromatic carbocycles. The summed E-state index contributed by atoms with van der Waals surface area (Å²) < 4.78 is 16.1. The Balaban J connectivity index is 1.59. The van der Waals surface area contributed by atoms with Crippen molar-refractivity contribution in [1.82, 2.24) is 15.0 Å². The van der Waals surface area contributed by atoms with E-state index in [-0.39, 0.29) is 11.9 Å². The van der Waals surface area contributed by atoms with Gasteiger partial charge in [-0.05, 0) is 31.0 Å². The average molecular weight is 379 g/mol. The first-order valence-corrected chi connectivity index (χ1v) is 9.13. The summed E-state index contributed by atoms with van der Waals surface area (Å²) >= 11 is 0. The SMILES string of the molecule is COc1ccc(C(=O)N2CCC[C@H]2c2nc(-c3ccccc3)no2)cc1OC. The molecular weight excluding hydrogens is 358 g/mol. The van der Waals surface area contributed by atoms with Crippen LogP contribution in [0.4, 0.5) is 0 Å². The lowest BCUT2D eigenvalue weighted by Crippen LogP contribution is -2.30. The van der Waals surface area contributed by atoms with Gasteiger partial charge in [0.2, 0.25) is 11.7 Å². The highest BCUT2D eigenvalue weighted by Gasteiger charge is 2.35. The fraction of sp³-hybridized carbons (Fsp3) is 0.286. The van der Waals surface area contributed by atoms with Crippen LogP contribution in [0.1, 0.15) is 35.1 Å². The van der Waals surface area contributed by atoms with Gasteiger partial charge >= 0.3 is 0 Å². The van der Waals surface area contributed by atoms with Gasteiger partial charge in [-0.2, -0.15) is 4.98 Å². The van der Waals surface area contributed by atoms with E-state index in [2.05, 4.69) is 10.1 Å². The molecule has 2 heterocycles. The largest absolute Gasteiger partial charge is 0.493 e. The molecule has 1 aliphatic heterocycles. The van der Waals surface area contributed by atoms with Gasteiger partial charge in [0.05, 0.1) is 14.2 Å². The molecule has 0 radical (unpaired) electrons. The van der Waals surface area contributed by atoms with Gasteiger partial charge in [-0.25, -0.2) is 0 Å². The molecule has 0 bridgehead atoms. The standard InChI is InChI=1S/C21H21N3O4/c1-26-17-11-10-15(13-18(17)27-2)21(25)24-12-6-9-16(24)20-22-19(23-28-20)14-7-4-3-5-8-14/h3-5,7-8,10-11,13,16H,6,9,12H2,1-2H3/t16-/m0/s1. The van der Waals surface area contributed by atoms with Crippen molar-refractivity contribution in [3.05, 3.63) is 60.0 Å². The number of nitrogens with zero attached hydrogens (tertiary/aromatic N) is 3. The van der Waals surface area contributed by atoms with E-state index in [1.54, 1.807) is 37.3 Å². The number of ether oxygens (including phenoxy) is 2.